The number of fused-ring (bicyclic) bond motifs is 1. The summed E-state index contributed by atoms with van der Waals surface area (Å²) in [6.45, 7) is 1.89. The second kappa shape index (κ2) is 6.38. The number of nitrogens with zero attached hydrogens (tertiary/aromatic N) is 2. The molecule has 0 unspecified atom stereocenters. The average molecular weight is 342 g/mol. The quantitative estimate of drug-likeness (QED) is 0.763. The van der Waals surface area contributed by atoms with E-state index in [-0.39, 0.29) is 5.82 Å². The average Bonchev–Trinajstić information content (AvgIpc) is 2.93. The zero-order chi connectivity index (χ0) is 16.5. The molecule has 2 aromatic carbocycles. The van der Waals surface area contributed by atoms with Crippen molar-refractivity contribution in [2.45, 2.75) is 12.8 Å². The molecule has 1 aliphatic heterocycles. The lowest BCUT2D eigenvalue weighted by atomic mass is 10.0. The van der Waals surface area contributed by atoms with E-state index in [4.69, 9.17) is 11.6 Å². The molecule has 24 heavy (non-hydrogen) atoms. The second-order valence-electron chi connectivity index (χ2n) is 5.92. The molecular weight excluding hydrogens is 325 g/mol. The summed E-state index contributed by atoms with van der Waals surface area (Å²) in [4.78, 5) is 0. The number of benzene rings is 2. The molecule has 0 saturated heterocycles. The summed E-state index contributed by atoms with van der Waals surface area (Å²) in [5.74, 6) is -0.248. The van der Waals surface area contributed by atoms with Crippen LogP contribution < -0.4 is 5.32 Å². The third kappa shape index (κ3) is 2.72. The zero-order valence-electron chi connectivity index (χ0n) is 13.1. The number of rotatable bonds is 2. The van der Waals surface area contributed by atoms with Crippen molar-refractivity contribution in [3.05, 3.63) is 70.6 Å². The first-order valence-electron chi connectivity index (χ1n) is 8.05. The van der Waals surface area contributed by atoms with Gasteiger partial charge in [0, 0.05) is 5.56 Å². The van der Waals surface area contributed by atoms with Crippen LogP contribution in [-0.4, -0.2) is 22.9 Å². The topological polar surface area (TPSA) is 29.9 Å². The van der Waals surface area contributed by atoms with Gasteiger partial charge in [0.2, 0.25) is 0 Å². The monoisotopic (exact) mass is 341 g/mol. The molecule has 1 N–H and O–H groups in total. The maximum absolute atomic E-state index is 13.2. The molecule has 0 saturated carbocycles. The van der Waals surface area contributed by atoms with Crippen molar-refractivity contribution in [2.75, 3.05) is 13.1 Å². The molecule has 0 fully saturated rings. The standard InChI is InChI=1S/C19H17ClFN3/c20-17-6-3-13-7-10-22-11-8-16(13)19(17)24-18(9-12-23-24)14-1-4-15(21)5-2-14/h1-6,9,12,22H,7-8,10-11H2. The highest BCUT2D eigenvalue weighted by molar-refractivity contribution is 6.32. The third-order valence-corrected chi connectivity index (χ3v) is 4.75. The molecule has 1 aliphatic rings. The summed E-state index contributed by atoms with van der Waals surface area (Å²) in [5.41, 5.74) is 5.29. The van der Waals surface area contributed by atoms with Gasteiger partial charge in [-0.25, -0.2) is 9.07 Å². The van der Waals surface area contributed by atoms with Gasteiger partial charge in [0.15, 0.2) is 0 Å². The van der Waals surface area contributed by atoms with Crippen LogP contribution in [0.1, 0.15) is 11.1 Å². The Kier molecular flexibility index (Phi) is 4.08. The number of nitrogens with one attached hydrogen (secondary N) is 1. The zero-order valence-corrected chi connectivity index (χ0v) is 13.9. The molecule has 4 rings (SSSR count). The summed E-state index contributed by atoms with van der Waals surface area (Å²) < 4.78 is 15.1. The summed E-state index contributed by atoms with van der Waals surface area (Å²) in [5, 5.41) is 8.61. The molecule has 122 valence electrons. The van der Waals surface area contributed by atoms with Gasteiger partial charge in [0.05, 0.1) is 22.6 Å². The molecule has 2 heterocycles. The number of hydrogen-bond donors (Lipinski definition) is 1. The number of aromatic nitrogens is 2. The second-order valence-corrected chi connectivity index (χ2v) is 6.33. The van der Waals surface area contributed by atoms with E-state index in [0.717, 1.165) is 42.9 Å². The van der Waals surface area contributed by atoms with Crippen LogP contribution in [0.15, 0.2) is 48.7 Å². The van der Waals surface area contributed by atoms with Crippen LogP contribution in [0.4, 0.5) is 4.39 Å². The smallest absolute Gasteiger partial charge is 0.123 e. The molecule has 0 amide bonds. The molecule has 0 aliphatic carbocycles. The first-order chi connectivity index (χ1) is 11.7. The highest BCUT2D eigenvalue weighted by atomic mass is 35.5. The van der Waals surface area contributed by atoms with Crippen LogP contribution in [0, 0.1) is 5.82 Å². The van der Waals surface area contributed by atoms with Crippen LogP contribution in [0.2, 0.25) is 5.02 Å². The van der Waals surface area contributed by atoms with Gasteiger partial charge in [-0.2, -0.15) is 5.10 Å². The number of halogens is 2. The Morgan fingerprint density at radius 2 is 1.79 bits per heavy atom. The van der Waals surface area contributed by atoms with Crippen LogP contribution in [0.3, 0.4) is 0 Å². The van der Waals surface area contributed by atoms with Gasteiger partial charge in [0.25, 0.3) is 0 Å². The summed E-state index contributed by atoms with van der Waals surface area (Å²) in [6, 6.07) is 12.4. The van der Waals surface area contributed by atoms with Crippen molar-refractivity contribution in [3.8, 4) is 16.9 Å². The van der Waals surface area contributed by atoms with E-state index in [2.05, 4.69) is 16.5 Å². The Balaban J connectivity index is 1.89. The molecule has 3 nitrogen and oxygen atoms in total. The lowest BCUT2D eigenvalue weighted by Gasteiger charge is -2.16. The van der Waals surface area contributed by atoms with Gasteiger partial charge in [-0.1, -0.05) is 17.7 Å². The van der Waals surface area contributed by atoms with Crippen molar-refractivity contribution in [1.82, 2.24) is 15.1 Å². The summed E-state index contributed by atoms with van der Waals surface area (Å²) in [6.07, 6.45) is 3.64. The van der Waals surface area contributed by atoms with Gasteiger partial charge >= 0.3 is 0 Å². The molecule has 0 spiro atoms. The summed E-state index contributed by atoms with van der Waals surface area (Å²) >= 11 is 6.55. The van der Waals surface area contributed by atoms with E-state index < -0.39 is 0 Å². The SMILES string of the molecule is Fc1ccc(-c2ccnn2-c2c(Cl)ccc3c2CCNCC3)cc1. The Labute approximate surface area is 145 Å². The first-order valence-corrected chi connectivity index (χ1v) is 8.43. The fraction of sp³-hybridized carbons (Fsp3) is 0.211. The molecule has 5 heteroatoms. The largest absolute Gasteiger partial charge is 0.316 e. The Bertz CT molecular complexity index is 871. The minimum Gasteiger partial charge on any atom is -0.316 e. The maximum Gasteiger partial charge on any atom is 0.123 e. The van der Waals surface area contributed by atoms with Gasteiger partial charge in [0.1, 0.15) is 5.82 Å². The fourth-order valence-electron chi connectivity index (χ4n) is 3.27. The first kappa shape index (κ1) is 15.4. The number of hydrogen-bond acceptors (Lipinski definition) is 2. The van der Waals surface area contributed by atoms with E-state index in [0.29, 0.717) is 5.02 Å². The van der Waals surface area contributed by atoms with Crippen molar-refractivity contribution >= 4 is 11.6 Å². The van der Waals surface area contributed by atoms with Crippen LogP contribution in [0.5, 0.6) is 0 Å². The lowest BCUT2D eigenvalue weighted by molar-refractivity contribution is 0.628. The molecule has 0 bridgehead atoms. The van der Waals surface area contributed by atoms with Crippen LogP contribution in [-0.2, 0) is 12.8 Å². The highest BCUT2D eigenvalue weighted by Crippen LogP contribution is 2.32. The predicted molar refractivity (Wildman–Crippen MR) is 94.2 cm³/mol. The van der Waals surface area contributed by atoms with Gasteiger partial charge in [-0.15, -0.1) is 0 Å². The van der Waals surface area contributed by atoms with Gasteiger partial charge in [-0.3, -0.25) is 0 Å². The van der Waals surface area contributed by atoms with E-state index in [1.807, 2.05) is 16.8 Å². The molecule has 0 atom stereocenters. The lowest BCUT2D eigenvalue weighted by Crippen LogP contribution is -2.16. The van der Waals surface area contributed by atoms with Crippen molar-refractivity contribution < 1.29 is 4.39 Å². The normalized spacial score (nSPS) is 14.2. The van der Waals surface area contributed by atoms with Gasteiger partial charge in [-0.05, 0) is 73.5 Å². The molecule has 1 aromatic heterocycles. The van der Waals surface area contributed by atoms with E-state index >= 15 is 0 Å². The fourth-order valence-corrected chi connectivity index (χ4v) is 3.53. The minimum absolute atomic E-state index is 0.248. The predicted octanol–water partition coefficient (Wildman–Crippen LogP) is 4.02. The van der Waals surface area contributed by atoms with E-state index in [1.54, 1.807) is 18.3 Å². The van der Waals surface area contributed by atoms with Crippen LogP contribution in [0.25, 0.3) is 16.9 Å². The summed E-state index contributed by atoms with van der Waals surface area (Å²) in [7, 11) is 0. The molecular formula is C19H17ClFN3. The third-order valence-electron chi connectivity index (χ3n) is 4.45. The van der Waals surface area contributed by atoms with Gasteiger partial charge < -0.3 is 5.32 Å². The maximum atomic E-state index is 13.2. The van der Waals surface area contributed by atoms with E-state index in [1.165, 1.54) is 23.3 Å². The Morgan fingerprint density at radius 3 is 2.62 bits per heavy atom. The minimum atomic E-state index is -0.248. The Morgan fingerprint density at radius 1 is 1.00 bits per heavy atom. The van der Waals surface area contributed by atoms with Crippen molar-refractivity contribution in [3.63, 3.8) is 0 Å². The van der Waals surface area contributed by atoms with Crippen molar-refractivity contribution in [2.24, 2.45) is 0 Å². The highest BCUT2D eigenvalue weighted by Gasteiger charge is 2.19. The van der Waals surface area contributed by atoms with Crippen LogP contribution >= 0.6 is 11.6 Å². The Hall–Kier alpha value is -2.17. The van der Waals surface area contributed by atoms with Crippen molar-refractivity contribution in [1.29, 1.82) is 0 Å². The molecule has 3 aromatic rings. The van der Waals surface area contributed by atoms with E-state index in [9.17, 15) is 4.39 Å². The molecule has 0 radical (unpaired) electrons.